The van der Waals surface area contributed by atoms with E-state index in [2.05, 4.69) is 5.10 Å². The SMILES string of the molecule is Cc1nn(C)c2sc(C(=O)N3CCOCC3CO)c(N)c12. The van der Waals surface area contributed by atoms with Gasteiger partial charge in [-0.1, -0.05) is 0 Å². The zero-order valence-electron chi connectivity index (χ0n) is 12.0. The highest BCUT2D eigenvalue weighted by Crippen LogP contribution is 2.36. The monoisotopic (exact) mass is 310 g/mol. The minimum absolute atomic E-state index is 0.114. The fourth-order valence-corrected chi connectivity index (χ4v) is 3.83. The van der Waals surface area contributed by atoms with Crippen LogP contribution in [0.1, 0.15) is 15.4 Å². The lowest BCUT2D eigenvalue weighted by Gasteiger charge is -2.34. The summed E-state index contributed by atoms with van der Waals surface area (Å²) in [4.78, 5) is 15.8. The van der Waals surface area contributed by atoms with Crippen LogP contribution >= 0.6 is 11.3 Å². The van der Waals surface area contributed by atoms with E-state index in [1.165, 1.54) is 11.3 Å². The molecular weight excluding hydrogens is 292 g/mol. The van der Waals surface area contributed by atoms with Crippen molar-refractivity contribution in [3.05, 3.63) is 10.6 Å². The van der Waals surface area contributed by atoms with E-state index < -0.39 is 0 Å². The van der Waals surface area contributed by atoms with Gasteiger partial charge in [0.1, 0.15) is 9.71 Å². The van der Waals surface area contributed by atoms with E-state index in [-0.39, 0.29) is 18.6 Å². The fraction of sp³-hybridized carbons (Fsp3) is 0.538. The second kappa shape index (κ2) is 5.28. The molecule has 1 atom stereocenters. The van der Waals surface area contributed by atoms with Crippen molar-refractivity contribution in [1.29, 1.82) is 0 Å². The quantitative estimate of drug-likeness (QED) is 0.835. The highest BCUT2D eigenvalue weighted by molar-refractivity contribution is 7.21. The number of thiophene rings is 1. The predicted octanol–water partition coefficient (Wildman–Crippen LogP) is 0.359. The van der Waals surface area contributed by atoms with Crippen LogP contribution in [0, 0.1) is 6.92 Å². The number of aliphatic hydroxyl groups is 1. The molecule has 2 aromatic rings. The summed E-state index contributed by atoms with van der Waals surface area (Å²) in [7, 11) is 1.84. The summed E-state index contributed by atoms with van der Waals surface area (Å²) in [5.74, 6) is -0.143. The third-order valence-electron chi connectivity index (χ3n) is 3.78. The first-order valence-corrected chi connectivity index (χ1v) is 7.57. The molecule has 3 heterocycles. The molecule has 114 valence electrons. The Bertz CT molecular complexity index is 693. The number of nitrogen functional groups attached to an aromatic ring is 1. The van der Waals surface area contributed by atoms with Gasteiger partial charge in [-0.25, -0.2) is 0 Å². The van der Waals surface area contributed by atoms with Crippen molar-refractivity contribution < 1.29 is 14.6 Å². The van der Waals surface area contributed by atoms with Crippen molar-refractivity contribution in [2.24, 2.45) is 7.05 Å². The van der Waals surface area contributed by atoms with E-state index in [4.69, 9.17) is 10.5 Å². The van der Waals surface area contributed by atoms with E-state index in [1.54, 1.807) is 9.58 Å². The van der Waals surface area contributed by atoms with E-state index in [1.807, 2.05) is 14.0 Å². The minimum Gasteiger partial charge on any atom is -0.397 e. The van der Waals surface area contributed by atoms with Gasteiger partial charge in [0.2, 0.25) is 0 Å². The largest absolute Gasteiger partial charge is 0.397 e. The van der Waals surface area contributed by atoms with Crippen LogP contribution in [0.2, 0.25) is 0 Å². The highest BCUT2D eigenvalue weighted by Gasteiger charge is 2.31. The highest BCUT2D eigenvalue weighted by atomic mass is 32.1. The van der Waals surface area contributed by atoms with E-state index in [9.17, 15) is 9.90 Å². The summed E-state index contributed by atoms with van der Waals surface area (Å²) in [5, 5.41) is 14.6. The maximum atomic E-state index is 12.7. The molecule has 1 unspecified atom stereocenters. The van der Waals surface area contributed by atoms with Crippen LogP contribution in [0.15, 0.2) is 0 Å². The van der Waals surface area contributed by atoms with Gasteiger partial charge in [-0.2, -0.15) is 5.10 Å². The van der Waals surface area contributed by atoms with Crippen LogP contribution in [-0.2, 0) is 11.8 Å². The molecule has 2 aromatic heterocycles. The number of hydrogen-bond acceptors (Lipinski definition) is 6. The van der Waals surface area contributed by atoms with Crippen LogP contribution in [0.3, 0.4) is 0 Å². The van der Waals surface area contributed by atoms with Gasteiger partial charge in [0.05, 0.1) is 42.6 Å². The molecule has 1 fully saturated rings. The Labute approximate surface area is 125 Å². The van der Waals surface area contributed by atoms with Crippen molar-refractivity contribution in [1.82, 2.24) is 14.7 Å². The molecule has 1 aliphatic rings. The number of morpholine rings is 1. The van der Waals surface area contributed by atoms with Crippen LogP contribution < -0.4 is 5.73 Å². The first kappa shape index (κ1) is 14.3. The minimum atomic E-state index is -0.310. The molecule has 7 nitrogen and oxygen atoms in total. The molecule has 0 radical (unpaired) electrons. The van der Waals surface area contributed by atoms with Crippen LogP contribution in [-0.4, -0.2) is 58.1 Å². The van der Waals surface area contributed by atoms with Gasteiger partial charge >= 0.3 is 0 Å². The number of nitrogens with zero attached hydrogens (tertiary/aromatic N) is 3. The number of ether oxygens (including phenoxy) is 1. The average molecular weight is 310 g/mol. The number of aliphatic hydroxyl groups excluding tert-OH is 1. The van der Waals surface area contributed by atoms with Gasteiger partial charge in [-0.15, -0.1) is 11.3 Å². The summed E-state index contributed by atoms with van der Waals surface area (Å²) in [6.45, 7) is 3.07. The van der Waals surface area contributed by atoms with Crippen LogP contribution in [0.25, 0.3) is 10.2 Å². The Hall–Kier alpha value is -1.64. The molecule has 0 aliphatic carbocycles. The third kappa shape index (κ3) is 2.19. The summed E-state index contributed by atoms with van der Waals surface area (Å²) in [5.41, 5.74) is 7.46. The number of hydrogen-bond donors (Lipinski definition) is 2. The standard InChI is InChI=1S/C13H18N4O3S/c1-7-9-10(14)11(21-13(9)16(2)15-7)12(19)17-3-4-20-6-8(17)5-18/h8,18H,3-6,14H2,1-2H3. The molecule has 0 saturated carbocycles. The number of aromatic nitrogens is 2. The molecule has 1 saturated heterocycles. The van der Waals surface area contributed by atoms with E-state index >= 15 is 0 Å². The van der Waals surface area contributed by atoms with Crippen LogP contribution in [0.4, 0.5) is 5.69 Å². The Kier molecular flexibility index (Phi) is 3.60. The Balaban J connectivity index is 2.01. The number of carbonyl (C=O) groups excluding carboxylic acids is 1. The van der Waals surface area contributed by atoms with Crippen molar-refractivity contribution >= 4 is 33.1 Å². The summed E-state index contributed by atoms with van der Waals surface area (Å²) < 4.78 is 7.05. The summed E-state index contributed by atoms with van der Waals surface area (Å²) in [6, 6.07) is -0.310. The maximum absolute atomic E-state index is 12.7. The first-order chi connectivity index (χ1) is 10.0. The second-order valence-corrected chi connectivity index (χ2v) is 6.14. The Morgan fingerprint density at radius 3 is 3.05 bits per heavy atom. The number of rotatable bonds is 2. The second-order valence-electron chi connectivity index (χ2n) is 5.14. The van der Waals surface area contributed by atoms with E-state index in [0.29, 0.717) is 30.3 Å². The lowest BCUT2D eigenvalue weighted by molar-refractivity contribution is -0.0181. The molecule has 0 aromatic carbocycles. The van der Waals surface area contributed by atoms with Crippen molar-refractivity contribution in [3.8, 4) is 0 Å². The Morgan fingerprint density at radius 2 is 2.38 bits per heavy atom. The van der Waals surface area contributed by atoms with Crippen molar-refractivity contribution in [2.45, 2.75) is 13.0 Å². The summed E-state index contributed by atoms with van der Waals surface area (Å²) >= 11 is 1.35. The number of nitrogens with two attached hydrogens (primary N) is 1. The lowest BCUT2D eigenvalue weighted by Crippen LogP contribution is -2.50. The molecule has 21 heavy (non-hydrogen) atoms. The van der Waals surface area contributed by atoms with Crippen molar-refractivity contribution in [2.75, 3.05) is 32.1 Å². The summed E-state index contributed by atoms with van der Waals surface area (Å²) in [6.07, 6.45) is 0. The molecule has 0 bridgehead atoms. The van der Waals surface area contributed by atoms with Crippen LogP contribution in [0.5, 0.6) is 0 Å². The molecule has 0 spiro atoms. The normalized spacial score (nSPS) is 19.4. The van der Waals surface area contributed by atoms with Gasteiger partial charge in [0.15, 0.2) is 0 Å². The average Bonchev–Trinajstić information content (AvgIpc) is 2.97. The number of amides is 1. The molecule has 8 heteroatoms. The number of fused-ring (bicyclic) bond motifs is 1. The molecular formula is C13H18N4O3S. The van der Waals surface area contributed by atoms with Gasteiger partial charge in [-0.05, 0) is 6.92 Å². The first-order valence-electron chi connectivity index (χ1n) is 6.75. The smallest absolute Gasteiger partial charge is 0.266 e. The Morgan fingerprint density at radius 1 is 1.62 bits per heavy atom. The zero-order chi connectivity index (χ0) is 15.1. The maximum Gasteiger partial charge on any atom is 0.266 e. The van der Waals surface area contributed by atoms with Gasteiger partial charge in [0.25, 0.3) is 5.91 Å². The van der Waals surface area contributed by atoms with Gasteiger partial charge < -0.3 is 20.5 Å². The molecule has 3 rings (SSSR count). The van der Waals surface area contributed by atoms with Gasteiger partial charge in [-0.3, -0.25) is 9.48 Å². The topological polar surface area (TPSA) is 93.6 Å². The third-order valence-corrected chi connectivity index (χ3v) is 5.04. The van der Waals surface area contributed by atoms with E-state index in [0.717, 1.165) is 15.9 Å². The molecule has 3 N–H and O–H groups in total. The molecule has 1 aliphatic heterocycles. The lowest BCUT2D eigenvalue weighted by atomic mass is 10.2. The molecule has 1 amide bonds. The number of anilines is 1. The van der Waals surface area contributed by atoms with Crippen molar-refractivity contribution in [3.63, 3.8) is 0 Å². The fourth-order valence-electron chi connectivity index (χ4n) is 2.69. The van der Waals surface area contributed by atoms with Gasteiger partial charge in [0, 0.05) is 13.6 Å². The zero-order valence-corrected chi connectivity index (χ0v) is 12.8. The number of carbonyl (C=O) groups is 1. The number of aryl methyl sites for hydroxylation is 2. The predicted molar refractivity (Wildman–Crippen MR) is 80.5 cm³/mol.